The Morgan fingerprint density at radius 1 is 1.00 bits per heavy atom. The third-order valence-electron chi connectivity index (χ3n) is 3.25. The SMILES string of the molecule is CCCCCCCCOC(=O)c1ccc(S(C)(=O)=O)cc1. The van der Waals surface area contributed by atoms with Crippen molar-refractivity contribution in [1.82, 2.24) is 0 Å². The summed E-state index contributed by atoms with van der Waals surface area (Å²) < 4.78 is 27.8. The van der Waals surface area contributed by atoms with Gasteiger partial charge in [0, 0.05) is 6.26 Å². The summed E-state index contributed by atoms with van der Waals surface area (Å²) in [4.78, 5) is 12.0. The molecule has 1 rings (SSSR count). The van der Waals surface area contributed by atoms with Crippen LogP contribution in [-0.2, 0) is 14.6 Å². The molecule has 0 N–H and O–H groups in total. The van der Waals surface area contributed by atoms with Crippen LogP contribution in [-0.4, -0.2) is 27.2 Å². The van der Waals surface area contributed by atoms with E-state index in [-0.39, 0.29) is 4.90 Å². The standard InChI is InChI=1S/C16H24O4S/c1-3-4-5-6-7-8-13-20-16(17)14-9-11-15(12-10-14)21(2,18)19/h9-12H,3-8,13H2,1-2H3. The molecule has 0 saturated heterocycles. The van der Waals surface area contributed by atoms with Crippen LogP contribution in [0.5, 0.6) is 0 Å². The molecule has 21 heavy (non-hydrogen) atoms. The van der Waals surface area contributed by atoms with Gasteiger partial charge in [-0.05, 0) is 30.7 Å². The summed E-state index contributed by atoms with van der Waals surface area (Å²) in [5.74, 6) is -0.399. The molecule has 0 radical (unpaired) electrons. The molecule has 0 saturated carbocycles. The fraction of sp³-hybridized carbons (Fsp3) is 0.562. The van der Waals surface area contributed by atoms with Crippen LogP contribution in [0.1, 0.15) is 55.8 Å². The van der Waals surface area contributed by atoms with Gasteiger partial charge in [0.25, 0.3) is 0 Å². The monoisotopic (exact) mass is 312 g/mol. The lowest BCUT2D eigenvalue weighted by Gasteiger charge is -2.05. The number of hydrogen-bond acceptors (Lipinski definition) is 4. The molecule has 0 aliphatic carbocycles. The number of rotatable bonds is 9. The fourth-order valence-electron chi connectivity index (χ4n) is 1.97. The van der Waals surface area contributed by atoms with E-state index in [9.17, 15) is 13.2 Å². The molecule has 0 aliphatic heterocycles. The first-order valence-electron chi connectivity index (χ1n) is 7.42. The van der Waals surface area contributed by atoms with Crippen molar-refractivity contribution in [3.63, 3.8) is 0 Å². The maximum absolute atomic E-state index is 11.8. The Labute approximate surface area is 127 Å². The van der Waals surface area contributed by atoms with Crippen molar-refractivity contribution < 1.29 is 17.9 Å². The highest BCUT2D eigenvalue weighted by atomic mass is 32.2. The molecular weight excluding hydrogens is 288 g/mol. The third-order valence-corrected chi connectivity index (χ3v) is 4.38. The lowest BCUT2D eigenvalue weighted by molar-refractivity contribution is 0.0497. The number of hydrogen-bond donors (Lipinski definition) is 0. The zero-order chi connectivity index (χ0) is 15.7. The molecule has 1 aromatic rings. The number of ether oxygens (including phenoxy) is 1. The average molecular weight is 312 g/mol. The van der Waals surface area contributed by atoms with Gasteiger partial charge in [-0.3, -0.25) is 0 Å². The van der Waals surface area contributed by atoms with E-state index in [2.05, 4.69) is 6.92 Å². The first-order valence-corrected chi connectivity index (χ1v) is 9.31. The highest BCUT2D eigenvalue weighted by Crippen LogP contribution is 2.11. The average Bonchev–Trinajstić information content (AvgIpc) is 2.45. The Bertz CT molecular complexity index is 532. The minimum Gasteiger partial charge on any atom is -0.462 e. The molecule has 0 aliphatic rings. The number of sulfone groups is 1. The second-order valence-electron chi connectivity index (χ2n) is 5.20. The largest absolute Gasteiger partial charge is 0.462 e. The van der Waals surface area contributed by atoms with Gasteiger partial charge in [0.2, 0.25) is 0 Å². The Morgan fingerprint density at radius 3 is 2.14 bits per heavy atom. The first kappa shape index (κ1) is 17.7. The second-order valence-corrected chi connectivity index (χ2v) is 7.22. The van der Waals surface area contributed by atoms with Crippen LogP contribution in [0.15, 0.2) is 29.2 Å². The van der Waals surface area contributed by atoms with E-state index in [1.54, 1.807) is 0 Å². The summed E-state index contributed by atoms with van der Waals surface area (Å²) in [5, 5.41) is 0. The molecule has 4 nitrogen and oxygen atoms in total. The second kappa shape index (κ2) is 8.82. The van der Waals surface area contributed by atoms with Crippen molar-refractivity contribution in [2.24, 2.45) is 0 Å². The van der Waals surface area contributed by atoms with Crippen LogP contribution in [0.4, 0.5) is 0 Å². The molecule has 1 aromatic carbocycles. The van der Waals surface area contributed by atoms with Crippen molar-refractivity contribution in [1.29, 1.82) is 0 Å². The molecule has 0 heterocycles. The zero-order valence-corrected chi connectivity index (χ0v) is 13.6. The van der Waals surface area contributed by atoms with E-state index < -0.39 is 15.8 Å². The van der Waals surface area contributed by atoms with Gasteiger partial charge in [-0.15, -0.1) is 0 Å². The predicted molar refractivity (Wildman–Crippen MR) is 83.2 cm³/mol. The van der Waals surface area contributed by atoms with Crippen LogP contribution in [0.25, 0.3) is 0 Å². The van der Waals surface area contributed by atoms with Crippen LogP contribution < -0.4 is 0 Å². The first-order chi connectivity index (χ1) is 9.95. The Morgan fingerprint density at radius 2 is 1.57 bits per heavy atom. The predicted octanol–water partition coefficient (Wildman–Crippen LogP) is 3.61. The van der Waals surface area contributed by atoms with Gasteiger partial charge in [-0.25, -0.2) is 13.2 Å². The van der Waals surface area contributed by atoms with Crippen LogP contribution >= 0.6 is 0 Å². The lowest BCUT2D eigenvalue weighted by atomic mass is 10.1. The topological polar surface area (TPSA) is 60.4 Å². The van der Waals surface area contributed by atoms with Crippen molar-refractivity contribution in [3.05, 3.63) is 29.8 Å². The molecule has 118 valence electrons. The highest BCUT2D eigenvalue weighted by Gasteiger charge is 2.10. The van der Waals surface area contributed by atoms with Gasteiger partial charge in [0.1, 0.15) is 0 Å². The van der Waals surface area contributed by atoms with Crippen molar-refractivity contribution >= 4 is 15.8 Å². The fourth-order valence-corrected chi connectivity index (χ4v) is 2.60. The third kappa shape index (κ3) is 6.76. The smallest absolute Gasteiger partial charge is 0.338 e. The summed E-state index contributed by atoms with van der Waals surface area (Å²) in [6, 6.07) is 5.83. The number of benzene rings is 1. The normalized spacial score (nSPS) is 11.3. The molecule has 0 aromatic heterocycles. The quantitative estimate of drug-likeness (QED) is 0.516. The number of esters is 1. The minimum absolute atomic E-state index is 0.204. The van der Waals surface area contributed by atoms with E-state index in [1.807, 2.05) is 0 Å². The van der Waals surface area contributed by atoms with Crippen LogP contribution in [0.2, 0.25) is 0 Å². The maximum atomic E-state index is 11.8. The van der Waals surface area contributed by atoms with Gasteiger partial charge in [0.05, 0.1) is 17.1 Å². The molecule has 0 spiro atoms. The summed E-state index contributed by atoms with van der Waals surface area (Å²) in [5.41, 5.74) is 0.383. The van der Waals surface area contributed by atoms with Crippen LogP contribution in [0, 0.1) is 0 Å². The lowest BCUT2D eigenvalue weighted by Crippen LogP contribution is -2.07. The zero-order valence-electron chi connectivity index (χ0n) is 12.8. The Hall–Kier alpha value is -1.36. The van der Waals surface area contributed by atoms with Gasteiger partial charge in [0.15, 0.2) is 9.84 Å². The number of unbranched alkanes of at least 4 members (excludes halogenated alkanes) is 5. The Kier molecular flexibility index (Phi) is 7.43. The maximum Gasteiger partial charge on any atom is 0.338 e. The number of carbonyl (C=O) groups excluding carboxylic acids is 1. The van der Waals surface area contributed by atoms with Gasteiger partial charge in [-0.2, -0.15) is 0 Å². The molecular formula is C16H24O4S. The molecule has 5 heteroatoms. The van der Waals surface area contributed by atoms with Crippen molar-refractivity contribution in [3.8, 4) is 0 Å². The van der Waals surface area contributed by atoms with E-state index in [0.29, 0.717) is 12.2 Å². The summed E-state index contributed by atoms with van der Waals surface area (Å²) in [7, 11) is -3.23. The van der Waals surface area contributed by atoms with Gasteiger partial charge in [-0.1, -0.05) is 39.0 Å². The molecule has 0 unspecified atom stereocenters. The summed E-state index contributed by atoms with van der Waals surface area (Å²) in [6.07, 6.45) is 7.97. The summed E-state index contributed by atoms with van der Waals surface area (Å²) in [6.45, 7) is 2.59. The minimum atomic E-state index is -3.23. The van der Waals surface area contributed by atoms with Crippen molar-refractivity contribution in [2.75, 3.05) is 12.9 Å². The van der Waals surface area contributed by atoms with Crippen LogP contribution in [0.3, 0.4) is 0 Å². The van der Waals surface area contributed by atoms with E-state index >= 15 is 0 Å². The molecule has 0 atom stereocenters. The van der Waals surface area contributed by atoms with E-state index in [1.165, 1.54) is 49.9 Å². The van der Waals surface area contributed by atoms with Crippen molar-refractivity contribution in [2.45, 2.75) is 50.3 Å². The molecule has 0 amide bonds. The Balaban J connectivity index is 2.32. The van der Waals surface area contributed by atoms with Gasteiger partial charge >= 0.3 is 5.97 Å². The van der Waals surface area contributed by atoms with E-state index in [4.69, 9.17) is 4.74 Å². The van der Waals surface area contributed by atoms with Gasteiger partial charge < -0.3 is 4.74 Å². The molecule has 0 fully saturated rings. The number of carbonyl (C=O) groups is 1. The van der Waals surface area contributed by atoms with E-state index in [0.717, 1.165) is 19.1 Å². The summed E-state index contributed by atoms with van der Waals surface area (Å²) >= 11 is 0. The highest BCUT2D eigenvalue weighted by molar-refractivity contribution is 7.90. The molecule has 0 bridgehead atoms.